The van der Waals surface area contributed by atoms with Gasteiger partial charge in [-0.05, 0) is 50.3 Å². The Hall–Kier alpha value is -2.93. The lowest BCUT2D eigenvalue weighted by atomic mass is 9.98. The van der Waals surface area contributed by atoms with E-state index >= 15 is 0 Å². The Kier molecular flexibility index (Phi) is 11.0. The van der Waals surface area contributed by atoms with Gasteiger partial charge in [0.05, 0.1) is 13.5 Å². The Bertz CT molecular complexity index is 1090. The zero-order valence-corrected chi connectivity index (χ0v) is 21.2. The Labute approximate surface area is 205 Å². The second-order valence-electron chi connectivity index (χ2n) is 8.19. The first-order valence-corrected chi connectivity index (χ1v) is 12.5. The van der Waals surface area contributed by atoms with Crippen molar-refractivity contribution in [3.8, 4) is 5.75 Å². The summed E-state index contributed by atoms with van der Waals surface area (Å²) in [5.74, 6) is -1.02. The lowest BCUT2D eigenvalue weighted by Gasteiger charge is -2.11. The van der Waals surface area contributed by atoms with Crippen LogP contribution in [0.2, 0.25) is 0 Å². The zero-order chi connectivity index (χ0) is 25.1. The fourth-order valence-electron chi connectivity index (χ4n) is 3.44. The molecule has 34 heavy (non-hydrogen) atoms. The molecule has 0 bridgehead atoms. The highest BCUT2D eigenvalue weighted by atomic mass is 32.1. The fraction of sp³-hybridized carbons (Fsp3) is 0.444. The first-order chi connectivity index (χ1) is 16.3. The number of hydrogen-bond acceptors (Lipinski definition) is 7. The summed E-state index contributed by atoms with van der Waals surface area (Å²) in [6.07, 6.45) is 10.6. The van der Waals surface area contributed by atoms with Crippen LogP contribution >= 0.6 is 11.3 Å². The number of allylic oxidation sites excluding steroid dienone is 2. The highest BCUT2D eigenvalue weighted by Gasteiger charge is 2.23. The summed E-state index contributed by atoms with van der Waals surface area (Å²) in [5.41, 5.74) is -0.713. The number of aryl methyl sites for hydroxylation is 1. The van der Waals surface area contributed by atoms with Crippen LogP contribution in [0.4, 0.5) is 0 Å². The highest BCUT2D eigenvalue weighted by Crippen LogP contribution is 2.28. The maximum Gasteiger partial charge on any atom is 0.351 e. The molecule has 2 aromatic rings. The minimum Gasteiger partial charge on any atom is -0.507 e. The van der Waals surface area contributed by atoms with E-state index in [-0.39, 0.29) is 29.6 Å². The van der Waals surface area contributed by atoms with Crippen LogP contribution in [0.1, 0.15) is 91.1 Å². The van der Waals surface area contributed by atoms with E-state index in [1.807, 2.05) is 26.0 Å². The number of esters is 1. The molecule has 0 fully saturated rings. The molecule has 0 aliphatic heterocycles. The van der Waals surface area contributed by atoms with Gasteiger partial charge in [-0.25, -0.2) is 4.79 Å². The monoisotopic (exact) mass is 486 g/mol. The number of hydrogen-bond donors (Lipinski definition) is 1. The molecule has 0 saturated carbocycles. The van der Waals surface area contributed by atoms with Crippen LogP contribution in [-0.4, -0.2) is 24.0 Å². The summed E-state index contributed by atoms with van der Waals surface area (Å²) in [5, 5.41) is 10.5. The van der Waals surface area contributed by atoms with Crippen molar-refractivity contribution in [2.24, 2.45) is 0 Å². The molecule has 2 rings (SSSR count). The third-order valence-corrected chi connectivity index (χ3v) is 6.65. The number of carbonyl (C=O) groups excluding carboxylic acids is 2. The van der Waals surface area contributed by atoms with Crippen molar-refractivity contribution in [2.75, 3.05) is 7.11 Å². The lowest BCUT2D eigenvalue weighted by molar-refractivity contribution is -0.139. The molecule has 0 aliphatic rings. The van der Waals surface area contributed by atoms with E-state index in [2.05, 4.69) is 17.7 Å². The van der Waals surface area contributed by atoms with Crippen LogP contribution in [0.3, 0.4) is 0 Å². The molecule has 0 radical (unpaired) electrons. The van der Waals surface area contributed by atoms with Gasteiger partial charge in [-0.3, -0.25) is 9.59 Å². The minimum absolute atomic E-state index is 0.153. The smallest absolute Gasteiger partial charge is 0.351 e. The highest BCUT2D eigenvalue weighted by molar-refractivity contribution is 7.12. The van der Waals surface area contributed by atoms with Crippen molar-refractivity contribution in [1.82, 2.24) is 0 Å². The molecule has 0 saturated heterocycles. The average Bonchev–Trinajstić information content (AvgIpc) is 3.27. The predicted octanol–water partition coefficient (Wildman–Crippen LogP) is 6.43. The van der Waals surface area contributed by atoms with Crippen molar-refractivity contribution in [3.63, 3.8) is 0 Å². The summed E-state index contributed by atoms with van der Waals surface area (Å²) < 4.78 is 10.00. The number of ketones is 1. The molecule has 7 heteroatoms. The van der Waals surface area contributed by atoms with Crippen molar-refractivity contribution in [3.05, 3.63) is 67.4 Å². The number of Topliss-reactive ketones (excluding diaryl/α,β-unsaturated/α-hetero) is 1. The van der Waals surface area contributed by atoms with Gasteiger partial charge < -0.3 is 14.3 Å². The summed E-state index contributed by atoms with van der Waals surface area (Å²) in [4.78, 5) is 39.1. The zero-order valence-electron chi connectivity index (χ0n) is 20.4. The minimum atomic E-state index is -0.831. The van der Waals surface area contributed by atoms with Gasteiger partial charge in [-0.1, -0.05) is 39.3 Å². The molecule has 2 aromatic heterocycles. The van der Waals surface area contributed by atoms with Gasteiger partial charge in [0.15, 0.2) is 5.78 Å². The first-order valence-electron chi connectivity index (χ1n) is 11.7. The van der Waals surface area contributed by atoms with Gasteiger partial charge in [0.25, 0.3) is 0 Å². The van der Waals surface area contributed by atoms with E-state index in [0.29, 0.717) is 30.6 Å². The number of aromatic hydroxyl groups is 1. The topological polar surface area (TPSA) is 93.8 Å². The Morgan fingerprint density at radius 1 is 1.24 bits per heavy atom. The van der Waals surface area contributed by atoms with Crippen LogP contribution < -0.4 is 5.63 Å². The van der Waals surface area contributed by atoms with E-state index in [1.54, 1.807) is 23.5 Å². The van der Waals surface area contributed by atoms with E-state index < -0.39 is 11.4 Å². The molecule has 0 aliphatic carbocycles. The number of rotatable bonds is 13. The Morgan fingerprint density at radius 2 is 2.00 bits per heavy atom. The molecular weight excluding hydrogens is 452 g/mol. The summed E-state index contributed by atoms with van der Waals surface area (Å²) >= 11 is 1.63. The third kappa shape index (κ3) is 7.83. The van der Waals surface area contributed by atoms with E-state index in [4.69, 9.17) is 4.42 Å². The number of ether oxygens (including phenoxy) is 1. The molecule has 6 nitrogen and oxygen atoms in total. The third-order valence-electron chi connectivity index (χ3n) is 5.56. The second-order valence-corrected chi connectivity index (χ2v) is 9.39. The molecule has 2 heterocycles. The normalized spacial score (nSPS) is 12.8. The fourth-order valence-corrected chi connectivity index (χ4v) is 4.46. The number of unbranched alkanes of at least 4 members (excludes halogenated alkanes) is 1. The quantitative estimate of drug-likeness (QED) is 0.152. The van der Waals surface area contributed by atoms with Crippen LogP contribution in [-0.2, 0) is 16.0 Å². The van der Waals surface area contributed by atoms with Crippen LogP contribution in [0.15, 0.2) is 45.1 Å². The summed E-state index contributed by atoms with van der Waals surface area (Å²) in [7, 11) is 1.34. The Balaban J connectivity index is 2.14. The number of thiophene rings is 1. The molecule has 1 N–H and O–H groups in total. The molecule has 1 atom stereocenters. The van der Waals surface area contributed by atoms with Gasteiger partial charge in [-0.2, -0.15) is 0 Å². The van der Waals surface area contributed by atoms with Crippen molar-refractivity contribution in [1.29, 1.82) is 0 Å². The van der Waals surface area contributed by atoms with Gasteiger partial charge in [0, 0.05) is 27.3 Å². The first kappa shape index (κ1) is 27.3. The lowest BCUT2D eigenvalue weighted by Crippen LogP contribution is -2.17. The van der Waals surface area contributed by atoms with Gasteiger partial charge >= 0.3 is 11.6 Å². The predicted molar refractivity (Wildman–Crippen MR) is 136 cm³/mol. The molecule has 0 spiro atoms. The Morgan fingerprint density at radius 3 is 2.65 bits per heavy atom. The molecule has 0 aromatic carbocycles. The molecule has 1 unspecified atom stereocenters. The van der Waals surface area contributed by atoms with Crippen molar-refractivity contribution >= 4 is 29.2 Å². The SMILES string of the molecule is CCCCc1ccc(C=C(CC)C(=O)c2c(O)cc(C(C)CCC=CCC(=O)OC)oc2=O)s1. The van der Waals surface area contributed by atoms with Gasteiger partial charge in [0.1, 0.15) is 17.1 Å². The van der Waals surface area contributed by atoms with E-state index in [9.17, 15) is 19.5 Å². The van der Waals surface area contributed by atoms with Gasteiger partial charge in [-0.15, -0.1) is 11.3 Å². The number of methoxy groups -OCH3 is 1. The van der Waals surface area contributed by atoms with Crippen LogP contribution in [0.5, 0.6) is 5.75 Å². The van der Waals surface area contributed by atoms with Gasteiger partial charge in [0.2, 0.25) is 0 Å². The second kappa shape index (κ2) is 13.7. The van der Waals surface area contributed by atoms with Crippen LogP contribution in [0.25, 0.3) is 6.08 Å². The average molecular weight is 487 g/mol. The van der Waals surface area contributed by atoms with E-state index in [0.717, 1.165) is 24.1 Å². The molecule has 0 amide bonds. The van der Waals surface area contributed by atoms with E-state index in [1.165, 1.54) is 18.1 Å². The standard InChI is InChI=1S/C27H34O6S/c1-5-7-12-20-14-15-21(34-20)16-19(6-2)26(30)25-22(28)17-23(33-27(25)31)18(3)11-9-8-10-13-24(29)32-4/h8,10,14-18,28H,5-7,9,11-13H2,1-4H3. The van der Waals surface area contributed by atoms with Crippen LogP contribution in [0, 0.1) is 0 Å². The largest absolute Gasteiger partial charge is 0.507 e. The van der Waals surface area contributed by atoms with Crippen molar-refractivity contribution < 1.29 is 23.8 Å². The number of carbonyl (C=O) groups is 2. The molecular formula is C27H34O6S. The maximum atomic E-state index is 13.1. The summed E-state index contributed by atoms with van der Waals surface area (Å²) in [6, 6.07) is 5.40. The summed E-state index contributed by atoms with van der Waals surface area (Å²) in [6.45, 7) is 5.87. The van der Waals surface area contributed by atoms with Crippen molar-refractivity contribution in [2.45, 2.75) is 71.6 Å². The molecule has 184 valence electrons. The maximum absolute atomic E-state index is 13.1.